The fourth-order valence-corrected chi connectivity index (χ4v) is 4.28. The van der Waals surface area contributed by atoms with Crippen LogP contribution in [0, 0.1) is 11.8 Å². The Balaban J connectivity index is 2.08. The predicted molar refractivity (Wildman–Crippen MR) is 75.2 cm³/mol. The van der Waals surface area contributed by atoms with Crippen LogP contribution in [0.4, 0.5) is 0 Å². The molecule has 1 saturated heterocycles. The first-order chi connectivity index (χ1) is 8.65. The van der Waals surface area contributed by atoms with Crippen LogP contribution in [0.2, 0.25) is 18.1 Å². The van der Waals surface area contributed by atoms with Crippen LogP contribution in [0.3, 0.4) is 0 Å². The number of carbonyl (C=O) groups is 1. The minimum atomic E-state index is -1.84. The second kappa shape index (κ2) is 4.86. The number of carbonyl (C=O) groups excluding carboxylic acids is 1. The molecule has 1 unspecified atom stereocenters. The van der Waals surface area contributed by atoms with Gasteiger partial charge in [-0.2, -0.15) is 0 Å². The summed E-state index contributed by atoms with van der Waals surface area (Å²) in [6.45, 7) is 11.2. The number of aliphatic hydroxyl groups is 1. The highest BCUT2D eigenvalue weighted by Crippen LogP contribution is 2.46. The number of ether oxygens (including phenoxy) is 1. The summed E-state index contributed by atoms with van der Waals surface area (Å²) in [5.41, 5.74) is 0. The normalized spacial score (nSPS) is 35.4. The molecule has 5 heteroatoms. The van der Waals surface area contributed by atoms with Crippen LogP contribution in [-0.4, -0.2) is 38.2 Å². The van der Waals surface area contributed by atoms with E-state index in [1.54, 1.807) is 0 Å². The minimum absolute atomic E-state index is 0.0361. The van der Waals surface area contributed by atoms with E-state index >= 15 is 0 Å². The van der Waals surface area contributed by atoms with E-state index in [4.69, 9.17) is 9.16 Å². The first-order valence-corrected chi connectivity index (χ1v) is 10.0. The van der Waals surface area contributed by atoms with E-state index < -0.39 is 8.32 Å². The summed E-state index contributed by atoms with van der Waals surface area (Å²) in [4.78, 5) is 11.3. The van der Waals surface area contributed by atoms with Crippen LogP contribution in [0.1, 0.15) is 33.6 Å². The van der Waals surface area contributed by atoms with E-state index in [9.17, 15) is 9.90 Å². The molecule has 0 aromatic carbocycles. The lowest BCUT2D eigenvalue weighted by Gasteiger charge is -2.40. The zero-order valence-corrected chi connectivity index (χ0v) is 13.6. The largest absolute Gasteiger partial charge is 0.462 e. The topological polar surface area (TPSA) is 55.8 Å². The molecule has 0 amide bonds. The summed E-state index contributed by atoms with van der Waals surface area (Å²) in [7, 11) is -1.84. The van der Waals surface area contributed by atoms with Gasteiger partial charge in [0.2, 0.25) is 0 Å². The van der Waals surface area contributed by atoms with Crippen LogP contribution in [0.15, 0.2) is 0 Å². The first-order valence-electron chi connectivity index (χ1n) is 7.14. The van der Waals surface area contributed by atoms with Crippen molar-refractivity contribution in [2.75, 3.05) is 6.61 Å². The molecule has 1 saturated carbocycles. The molecule has 2 aliphatic rings. The summed E-state index contributed by atoms with van der Waals surface area (Å²) < 4.78 is 11.8. The Morgan fingerprint density at radius 2 is 2.05 bits per heavy atom. The minimum Gasteiger partial charge on any atom is -0.462 e. The SMILES string of the molecule is CC(C)(C)[Si](C)(C)OC1C[C@@H]2OC(=O)C[C@@H]2[C@H]1CO. The second-order valence-corrected chi connectivity index (χ2v) is 12.2. The summed E-state index contributed by atoms with van der Waals surface area (Å²) >= 11 is 0. The van der Waals surface area contributed by atoms with Crippen LogP contribution in [0.25, 0.3) is 0 Å². The summed E-state index contributed by atoms with van der Waals surface area (Å²) in [5, 5.41) is 9.79. The predicted octanol–water partition coefficient (Wildman–Crippen LogP) is 2.32. The first kappa shape index (κ1) is 15.0. The van der Waals surface area contributed by atoms with Gasteiger partial charge in [-0.3, -0.25) is 4.79 Å². The third kappa shape index (κ3) is 2.73. The van der Waals surface area contributed by atoms with Gasteiger partial charge in [0.05, 0.1) is 12.5 Å². The summed E-state index contributed by atoms with van der Waals surface area (Å²) in [5.74, 6) is 0.0667. The quantitative estimate of drug-likeness (QED) is 0.639. The van der Waals surface area contributed by atoms with Gasteiger partial charge in [-0.25, -0.2) is 0 Å². The highest BCUT2D eigenvalue weighted by Gasteiger charge is 2.52. The molecule has 4 nitrogen and oxygen atoms in total. The van der Waals surface area contributed by atoms with Gasteiger partial charge in [0.15, 0.2) is 8.32 Å². The third-order valence-corrected chi connectivity index (χ3v) is 9.62. The maximum atomic E-state index is 11.3. The van der Waals surface area contributed by atoms with Crippen molar-refractivity contribution in [3.05, 3.63) is 0 Å². The number of rotatable bonds is 3. The molecule has 110 valence electrons. The van der Waals surface area contributed by atoms with E-state index in [0.717, 1.165) is 6.42 Å². The Bertz CT molecular complexity index is 361. The maximum Gasteiger partial charge on any atom is 0.306 e. The van der Waals surface area contributed by atoms with Crippen molar-refractivity contribution in [3.63, 3.8) is 0 Å². The van der Waals surface area contributed by atoms with Gasteiger partial charge >= 0.3 is 5.97 Å². The van der Waals surface area contributed by atoms with E-state index in [0.29, 0.717) is 6.42 Å². The lowest BCUT2D eigenvalue weighted by Crippen LogP contribution is -2.45. The average molecular weight is 286 g/mol. The standard InChI is InChI=1S/C14H26O4Si/c1-14(2,3)19(4,5)18-12-7-11-9(10(12)8-15)6-13(16)17-11/h9-12,15H,6-8H2,1-5H3/t9-,10-,11+,12?/m1/s1. The Morgan fingerprint density at radius 3 is 2.58 bits per heavy atom. The zero-order chi connectivity index (χ0) is 14.4. The third-order valence-electron chi connectivity index (χ3n) is 5.12. The molecule has 0 spiro atoms. The van der Waals surface area contributed by atoms with E-state index in [2.05, 4.69) is 33.9 Å². The zero-order valence-electron chi connectivity index (χ0n) is 12.6. The van der Waals surface area contributed by atoms with E-state index in [1.165, 1.54) is 0 Å². The Hall–Kier alpha value is -0.393. The van der Waals surface area contributed by atoms with Crippen molar-refractivity contribution >= 4 is 14.3 Å². The van der Waals surface area contributed by atoms with Crippen molar-refractivity contribution in [2.24, 2.45) is 11.8 Å². The van der Waals surface area contributed by atoms with Crippen LogP contribution in [-0.2, 0) is 14.0 Å². The molecule has 1 aliphatic carbocycles. The van der Waals surface area contributed by atoms with Gasteiger partial charge < -0.3 is 14.3 Å². The fraction of sp³-hybridized carbons (Fsp3) is 0.929. The van der Waals surface area contributed by atoms with Crippen molar-refractivity contribution in [2.45, 2.75) is 64.0 Å². The number of hydrogen-bond acceptors (Lipinski definition) is 4. The molecule has 1 aliphatic heterocycles. The van der Waals surface area contributed by atoms with Crippen LogP contribution >= 0.6 is 0 Å². The van der Waals surface area contributed by atoms with Gasteiger partial charge in [-0.1, -0.05) is 20.8 Å². The number of hydrogen-bond donors (Lipinski definition) is 1. The van der Waals surface area contributed by atoms with E-state index in [1.807, 2.05) is 0 Å². The molecule has 0 aromatic rings. The van der Waals surface area contributed by atoms with Crippen molar-refractivity contribution < 1.29 is 19.1 Å². The Kier molecular flexibility index (Phi) is 3.84. The van der Waals surface area contributed by atoms with Crippen LogP contribution < -0.4 is 0 Å². The Labute approximate surface area is 116 Å². The molecule has 4 atom stereocenters. The maximum absolute atomic E-state index is 11.3. The summed E-state index contributed by atoms with van der Waals surface area (Å²) in [6, 6.07) is 0. The lowest BCUT2D eigenvalue weighted by atomic mass is 9.93. The molecule has 0 radical (unpaired) electrons. The van der Waals surface area contributed by atoms with Gasteiger partial charge in [0.1, 0.15) is 6.10 Å². The second-order valence-electron chi connectivity index (χ2n) is 7.40. The molecule has 1 N–H and O–H groups in total. The molecule has 2 fully saturated rings. The van der Waals surface area contributed by atoms with Gasteiger partial charge in [-0.15, -0.1) is 0 Å². The molecular weight excluding hydrogens is 260 g/mol. The highest BCUT2D eigenvalue weighted by molar-refractivity contribution is 6.74. The van der Waals surface area contributed by atoms with Crippen LogP contribution in [0.5, 0.6) is 0 Å². The van der Waals surface area contributed by atoms with Gasteiger partial charge in [0, 0.05) is 24.9 Å². The highest BCUT2D eigenvalue weighted by atomic mass is 28.4. The molecule has 2 rings (SSSR count). The van der Waals surface area contributed by atoms with Crippen molar-refractivity contribution in [1.82, 2.24) is 0 Å². The molecular formula is C14H26O4Si. The van der Waals surface area contributed by atoms with Gasteiger partial charge in [0.25, 0.3) is 0 Å². The van der Waals surface area contributed by atoms with Gasteiger partial charge in [-0.05, 0) is 18.1 Å². The van der Waals surface area contributed by atoms with Crippen molar-refractivity contribution in [1.29, 1.82) is 0 Å². The summed E-state index contributed by atoms with van der Waals surface area (Å²) in [6.07, 6.45) is 1.18. The molecule has 0 aromatic heterocycles. The Morgan fingerprint density at radius 1 is 1.42 bits per heavy atom. The average Bonchev–Trinajstić information content (AvgIpc) is 2.70. The molecule has 1 heterocycles. The number of aliphatic hydroxyl groups excluding tert-OH is 1. The lowest BCUT2D eigenvalue weighted by molar-refractivity contribution is -0.141. The number of esters is 1. The number of fused-ring (bicyclic) bond motifs is 1. The van der Waals surface area contributed by atoms with Crippen molar-refractivity contribution in [3.8, 4) is 0 Å². The van der Waals surface area contributed by atoms with E-state index in [-0.39, 0.29) is 41.7 Å². The smallest absolute Gasteiger partial charge is 0.306 e. The fourth-order valence-electron chi connectivity index (χ4n) is 2.90. The molecule has 19 heavy (non-hydrogen) atoms. The molecule has 0 bridgehead atoms. The monoisotopic (exact) mass is 286 g/mol.